The lowest BCUT2D eigenvalue weighted by Gasteiger charge is -2.38. The summed E-state index contributed by atoms with van der Waals surface area (Å²) >= 11 is 0. The normalized spacial score (nSPS) is 16.4. The zero-order valence-corrected chi connectivity index (χ0v) is 33.3. The maximum Gasteiger partial charge on any atom is 0.285 e. The monoisotopic (exact) mass is 791 g/mol. The maximum atomic E-state index is 13.6. The van der Waals surface area contributed by atoms with Gasteiger partial charge in [0, 0.05) is 25.9 Å². The smallest absolute Gasteiger partial charge is 0.285 e. The van der Waals surface area contributed by atoms with Gasteiger partial charge < -0.3 is 29.5 Å². The van der Waals surface area contributed by atoms with E-state index < -0.39 is 23.5 Å². The number of β-amino-alcohol motifs (C(OH)–C–C–N with tert-alkyl or cyclic N) is 1. The van der Waals surface area contributed by atoms with Crippen LogP contribution in [0, 0.1) is 0 Å². The molecule has 2 aliphatic heterocycles. The third-order valence-electron chi connectivity index (χ3n) is 10.8. The number of aliphatic hydroxyl groups is 1. The first-order valence-corrected chi connectivity index (χ1v) is 20.1. The van der Waals surface area contributed by atoms with E-state index in [1.54, 1.807) is 43.4 Å². The van der Waals surface area contributed by atoms with Crippen LogP contribution in [0.2, 0.25) is 0 Å². The predicted octanol–water partition coefficient (Wildman–Crippen LogP) is 6.44. The molecule has 0 aromatic heterocycles. The number of hydrogen-bond acceptors (Lipinski definition) is 9. The Bertz CT molecular complexity index is 1910. The predicted molar refractivity (Wildman–Crippen MR) is 217 cm³/mol. The van der Waals surface area contributed by atoms with Crippen LogP contribution in [0.1, 0.15) is 95.2 Å². The highest BCUT2D eigenvalue weighted by Crippen LogP contribution is 2.42. The maximum absolute atomic E-state index is 13.6. The summed E-state index contributed by atoms with van der Waals surface area (Å²) in [6.45, 7) is 1.17. The summed E-state index contributed by atoms with van der Waals surface area (Å²) < 4.78 is 18.0. The van der Waals surface area contributed by atoms with Crippen molar-refractivity contribution in [1.29, 1.82) is 0 Å². The van der Waals surface area contributed by atoms with Crippen molar-refractivity contribution in [3.63, 3.8) is 0 Å². The average molecular weight is 792 g/mol. The SMILES string of the molecule is COc1ccc(C(OC[C@@H]2C[C@@H](O)CN2C(=O)CCCCCNC(=O)CCCCCON2C(=O)c3ccccc3C2=O)(c2ccccc2)c2ccc(OC)cc2)cc1. The summed E-state index contributed by atoms with van der Waals surface area (Å²) in [5, 5.41) is 14.5. The second-order valence-electron chi connectivity index (χ2n) is 14.7. The number of hydroxylamine groups is 2. The van der Waals surface area contributed by atoms with Crippen molar-refractivity contribution in [2.24, 2.45) is 0 Å². The van der Waals surface area contributed by atoms with E-state index in [-0.39, 0.29) is 37.6 Å². The van der Waals surface area contributed by atoms with E-state index in [2.05, 4.69) is 5.32 Å². The summed E-state index contributed by atoms with van der Waals surface area (Å²) in [5.41, 5.74) is 2.35. The average Bonchev–Trinajstić information content (AvgIpc) is 3.76. The first kappa shape index (κ1) is 42.1. The van der Waals surface area contributed by atoms with Gasteiger partial charge in [-0.1, -0.05) is 79.6 Å². The molecule has 1 saturated heterocycles. The van der Waals surface area contributed by atoms with Gasteiger partial charge in [-0.05, 0) is 85.2 Å². The van der Waals surface area contributed by atoms with Crippen LogP contribution in [0.15, 0.2) is 103 Å². The second kappa shape index (κ2) is 20.2. The van der Waals surface area contributed by atoms with Gasteiger partial charge in [-0.25, -0.2) is 0 Å². The molecule has 2 atom stereocenters. The summed E-state index contributed by atoms with van der Waals surface area (Å²) in [6.07, 6.45) is 4.61. The fourth-order valence-electron chi connectivity index (χ4n) is 7.69. The van der Waals surface area contributed by atoms with Crippen LogP contribution in [0.3, 0.4) is 0 Å². The third-order valence-corrected chi connectivity index (χ3v) is 10.8. The summed E-state index contributed by atoms with van der Waals surface area (Å²) in [7, 11) is 3.26. The van der Waals surface area contributed by atoms with Crippen molar-refractivity contribution in [2.75, 3.05) is 40.5 Å². The molecular formula is C46H53N3O9. The first-order chi connectivity index (χ1) is 28.2. The number of ether oxygens (including phenoxy) is 3. The number of unbranched alkanes of at least 4 members (excludes halogenated alkanes) is 4. The standard InChI is InChI=1S/C46H53N3O9/c1-55-38-24-20-34(21-25-38)46(33-14-6-3-7-15-33,35-22-26-39(56-2)27-23-35)57-32-36-30-37(50)31-48(36)43(52)19-9-4-12-28-47-42(51)18-8-5-13-29-58-49-44(53)40-16-10-11-17-41(40)45(49)54/h3,6-7,10-11,14-17,20-27,36-37,50H,4-5,8-9,12-13,18-19,28-32H2,1-2H3,(H,47,51)/t36-,37+/m0/s1. The van der Waals surface area contributed by atoms with E-state index in [0.717, 1.165) is 46.1 Å². The van der Waals surface area contributed by atoms with E-state index in [1.165, 1.54) is 0 Å². The van der Waals surface area contributed by atoms with Gasteiger partial charge in [0.25, 0.3) is 11.8 Å². The number of nitrogens with one attached hydrogen (secondary N) is 1. The highest BCUT2D eigenvalue weighted by atomic mass is 16.7. The van der Waals surface area contributed by atoms with Crippen molar-refractivity contribution in [1.82, 2.24) is 15.3 Å². The van der Waals surface area contributed by atoms with Gasteiger partial charge in [-0.15, -0.1) is 5.06 Å². The number of rotatable bonds is 21. The van der Waals surface area contributed by atoms with Crippen molar-refractivity contribution >= 4 is 23.6 Å². The van der Waals surface area contributed by atoms with Crippen LogP contribution in [0.25, 0.3) is 0 Å². The van der Waals surface area contributed by atoms with E-state index in [0.29, 0.717) is 62.6 Å². The minimum atomic E-state index is -1.04. The molecular weight excluding hydrogens is 739 g/mol. The Morgan fingerprint density at radius 1 is 0.707 bits per heavy atom. The van der Waals surface area contributed by atoms with Gasteiger partial charge in [-0.2, -0.15) is 0 Å². The first-order valence-electron chi connectivity index (χ1n) is 20.1. The fourth-order valence-corrected chi connectivity index (χ4v) is 7.69. The lowest BCUT2D eigenvalue weighted by molar-refractivity contribution is -0.134. The van der Waals surface area contributed by atoms with Crippen molar-refractivity contribution in [2.45, 2.75) is 75.5 Å². The van der Waals surface area contributed by atoms with Crippen LogP contribution in [0.5, 0.6) is 11.5 Å². The number of carbonyl (C=O) groups is 4. The fraction of sp³-hybridized carbons (Fsp3) is 0.391. The molecule has 0 aliphatic carbocycles. The lowest BCUT2D eigenvalue weighted by Crippen LogP contribution is -2.42. The molecule has 0 radical (unpaired) electrons. The molecule has 0 unspecified atom stereocenters. The number of imide groups is 1. The highest BCUT2D eigenvalue weighted by molar-refractivity contribution is 6.20. The highest BCUT2D eigenvalue weighted by Gasteiger charge is 2.41. The topological polar surface area (TPSA) is 144 Å². The quantitative estimate of drug-likeness (QED) is 0.0554. The number of aliphatic hydroxyl groups excluding tert-OH is 1. The Morgan fingerprint density at radius 2 is 1.26 bits per heavy atom. The van der Waals surface area contributed by atoms with E-state index >= 15 is 0 Å². The molecule has 2 N–H and O–H groups in total. The zero-order valence-electron chi connectivity index (χ0n) is 33.3. The molecule has 4 amide bonds. The Kier molecular flexibility index (Phi) is 14.7. The number of methoxy groups -OCH3 is 2. The molecule has 4 aromatic rings. The molecule has 58 heavy (non-hydrogen) atoms. The molecule has 0 spiro atoms. The van der Waals surface area contributed by atoms with E-state index in [9.17, 15) is 24.3 Å². The van der Waals surface area contributed by atoms with Gasteiger partial charge in [0.2, 0.25) is 11.8 Å². The molecule has 2 aliphatic rings. The second-order valence-corrected chi connectivity index (χ2v) is 14.7. The van der Waals surface area contributed by atoms with E-state index in [4.69, 9.17) is 19.0 Å². The van der Waals surface area contributed by atoms with Crippen LogP contribution in [-0.4, -0.2) is 91.4 Å². The molecule has 4 aromatic carbocycles. The molecule has 12 heteroatoms. The van der Waals surface area contributed by atoms with Crippen LogP contribution < -0.4 is 14.8 Å². The van der Waals surface area contributed by atoms with Gasteiger partial charge in [0.05, 0.1) is 50.7 Å². The van der Waals surface area contributed by atoms with E-state index in [1.807, 2.05) is 78.9 Å². The van der Waals surface area contributed by atoms with Gasteiger partial charge in [-0.3, -0.25) is 24.0 Å². The number of fused-ring (bicyclic) bond motifs is 1. The molecule has 12 nitrogen and oxygen atoms in total. The van der Waals surface area contributed by atoms with Crippen LogP contribution >= 0.6 is 0 Å². The Morgan fingerprint density at radius 3 is 1.86 bits per heavy atom. The van der Waals surface area contributed by atoms with Gasteiger partial charge in [0.1, 0.15) is 17.1 Å². The zero-order chi connectivity index (χ0) is 40.9. The largest absolute Gasteiger partial charge is 0.497 e. The summed E-state index contributed by atoms with van der Waals surface area (Å²) in [6, 6.07) is 31.9. The molecule has 2 heterocycles. The minimum absolute atomic E-state index is 0.0274. The number of hydrogen-bond donors (Lipinski definition) is 2. The van der Waals surface area contributed by atoms with Crippen molar-refractivity contribution in [3.05, 3.63) is 131 Å². The Hall–Kier alpha value is -5.56. The number of benzene rings is 4. The van der Waals surface area contributed by atoms with Crippen LogP contribution in [-0.2, 0) is 24.8 Å². The van der Waals surface area contributed by atoms with Crippen molar-refractivity contribution in [3.8, 4) is 11.5 Å². The minimum Gasteiger partial charge on any atom is -0.497 e. The van der Waals surface area contributed by atoms with Gasteiger partial charge >= 0.3 is 0 Å². The van der Waals surface area contributed by atoms with Crippen LogP contribution in [0.4, 0.5) is 0 Å². The Labute approximate surface area is 340 Å². The summed E-state index contributed by atoms with van der Waals surface area (Å²) in [5.74, 6) is 0.469. The molecule has 0 saturated carbocycles. The molecule has 1 fully saturated rings. The number of nitrogens with zero attached hydrogens (tertiary/aromatic N) is 2. The van der Waals surface area contributed by atoms with Gasteiger partial charge in [0.15, 0.2) is 0 Å². The summed E-state index contributed by atoms with van der Waals surface area (Å²) in [4.78, 5) is 58.0. The number of carbonyl (C=O) groups excluding carboxylic acids is 4. The third kappa shape index (κ3) is 9.93. The number of likely N-dealkylation sites (tertiary alicyclic amines) is 1. The van der Waals surface area contributed by atoms with Crippen molar-refractivity contribution < 1.29 is 43.3 Å². The Balaban J connectivity index is 0.947. The molecule has 6 rings (SSSR count). The number of amides is 4. The molecule has 0 bridgehead atoms. The molecule has 306 valence electrons. The lowest BCUT2D eigenvalue weighted by atomic mass is 9.80.